The summed E-state index contributed by atoms with van der Waals surface area (Å²) in [6.07, 6.45) is -0.407. The van der Waals surface area contributed by atoms with Gasteiger partial charge in [0.1, 0.15) is 12.4 Å². The minimum Gasteiger partial charge on any atom is -0.486 e. The fraction of sp³-hybridized carbons (Fsp3) is 0.294. The molecule has 1 heterocycles. The number of fused-ring (bicyclic) bond motifs is 1. The van der Waals surface area contributed by atoms with E-state index in [-0.39, 0.29) is 5.82 Å². The van der Waals surface area contributed by atoms with Gasteiger partial charge < -0.3 is 15.2 Å². The van der Waals surface area contributed by atoms with Crippen LogP contribution in [0.3, 0.4) is 0 Å². The van der Waals surface area contributed by atoms with Gasteiger partial charge in [0.05, 0.1) is 6.04 Å². The number of hydrogen-bond donors (Lipinski definition) is 1. The van der Waals surface area contributed by atoms with Crippen molar-refractivity contribution in [1.29, 1.82) is 0 Å². The number of halogens is 1. The standard InChI is InChI=1S/C17H18FNO2/c1-10-7-11(2)16(12(18)8-10)17(19)15-9-20-13-5-3-4-6-14(13)21-15/h3-8,15,17H,9,19H2,1-2H3. The van der Waals surface area contributed by atoms with Crippen LogP contribution in [0.15, 0.2) is 36.4 Å². The lowest BCUT2D eigenvalue weighted by atomic mass is 9.95. The molecule has 3 rings (SSSR count). The van der Waals surface area contributed by atoms with Crippen LogP contribution in [-0.2, 0) is 0 Å². The highest BCUT2D eigenvalue weighted by Crippen LogP contribution is 2.34. The van der Waals surface area contributed by atoms with Crippen LogP contribution in [0.25, 0.3) is 0 Å². The highest BCUT2D eigenvalue weighted by molar-refractivity contribution is 5.42. The average molecular weight is 287 g/mol. The minimum absolute atomic E-state index is 0.289. The molecular weight excluding hydrogens is 269 g/mol. The SMILES string of the molecule is Cc1cc(C)c(C(N)C2COc3ccccc3O2)c(F)c1. The van der Waals surface area contributed by atoms with Crippen LogP contribution >= 0.6 is 0 Å². The summed E-state index contributed by atoms with van der Waals surface area (Å²) in [7, 11) is 0. The summed E-state index contributed by atoms with van der Waals surface area (Å²) in [5, 5.41) is 0. The van der Waals surface area contributed by atoms with Gasteiger partial charge in [-0.2, -0.15) is 0 Å². The quantitative estimate of drug-likeness (QED) is 0.922. The molecular formula is C17H18FNO2. The summed E-state index contributed by atoms with van der Waals surface area (Å²) in [5.74, 6) is 1.05. The molecule has 2 aromatic carbocycles. The molecule has 2 aromatic rings. The zero-order chi connectivity index (χ0) is 15.0. The van der Waals surface area contributed by atoms with Crippen LogP contribution in [0.4, 0.5) is 4.39 Å². The molecule has 3 nitrogen and oxygen atoms in total. The molecule has 0 amide bonds. The Morgan fingerprint density at radius 1 is 1.19 bits per heavy atom. The lowest BCUT2D eigenvalue weighted by molar-refractivity contribution is 0.0711. The van der Waals surface area contributed by atoms with Crippen molar-refractivity contribution in [2.45, 2.75) is 26.0 Å². The zero-order valence-corrected chi connectivity index (χ0v) is 12.1. The van der Waals surface area contributed by atoms with E-state index in [1.807, 2.05) is 44.2 Å². The van der Waals surface area contributed by atoms with Gasteiger partial charge in [-0.05, 0) is 43.2 Å². The fourth-order valence-electron chi connectivity index (χ4n) is 2.75. The zero-order valence-electron chi connectivity index (χ0n) is 12.1. The Morgan fingerprint density at radius 3 is 2.62 bits per heavy atom. The first-order chi connectivity index (χ1) is 10.1. The summed E-state index contributed by atoms with van der Waals surface area (Å²) >= 11 is 0. The second-order valence-corrected chi connectivity index (χ2v) is 5.42. The third kappa shape index (κ3) is 2.59. The monoisotopic (exact) mass is 287 g/mol. The Hall–Kier alpha value is -2.07. The molecule has 110 valence electrons. The molecule has 2 atom stereocenters. The van der Waals surface area contributed by atoms with Gasteiger partial charge >= 0.3 is 0 Å². The maximum absolute atomic E-state index is 14.2. The van der Waals surface area contributed by atoms with Gasteiger partial charge in [-0.1, -0.05) is 18.2 Å². The molecule has 21 heavy (non-hydrogen) atoms. The van der Waals surface area contributed by atoms with Crippen LogP contribution in [0.2, 0.25) is 0 Å². The molecule has 2 unspecified atom stereocenters. The van der Waals surface area contributed by atoms with Crippen molar-refractivity contribution in [3.63, 3.8) is 0 Å². The van der Waals surface area contributed by atoms with Gasteiger partial charge in [0.15, 0.2) is 17.6 Å². The number of rotatable bonds is 2. The van der Waals surface area contributed by atoms with Crippen molar-refractivity contribution < 1.29 is 13.9 Å². The van der Waals surface area contributed by atoms with Gasteiger partial charge in [-0.3, -0.25) is 0 Å². The number of aryl methyl sites for hydroxylation is 2. The van der Waals surface area contributed by atoms with E-state index < -0.39 is 12.1 Å². The molecule has 1 aliphatic heterocycles. The molecule has 0 fully saturated rings. The average Bonchev–Trinajstić information content (AvgIpc) is 2.45. The van der Waals surface area contributed by atoms with Crippen molar-refractivity contribution in [2.24, 2.45) is 5.73 Å². The Kier molecular flexibility index (Phi) is 3.55. The lowest BCUT2D eigenvalue weighted by Gasteiger charge is -2.31. The summed E-state index contributed by atoms with van der Waals surface area (Å²) in [5.41, 5.74) is 8.44. The first-order valence-electron chi connectivity index (χ1n) is 6.97. The van der Waals surface area contributed by atoms with E-state index in [9.17, 15) is 4.39 Å². The number of para-hydroxylation sites is 2. The van der Waals surface area contributed by atoms with E-state index in [1.54, 1.807) is 0 Å². The molecule has 0 saturated carbocycles. The third-order valence-electron chi connectivity index (χ3n) is 3.75. The van der Waals surface area contributed by atoms with Gasteiger partial charge in [0.2, 0.25) is 0 Å². The molecule has 0 radical (unpaired) electrons. The highest BCUT2D eigenvalue weighted by Gasteiger charge is 2.30. The molecule has 4 heteroatoms. The predicted octanol–water partition coefficient (Wildman–Crippen LogP) is 3.28. The molecule has 0 aromatic heterocycles. The van der Waals surface area contributed by atoms with Gasteiger partial charge in [0, 0.05) is 5.56 Å². The van der Waals surface area contributed by atoms with Crippen LogP contribution in [0.5, 0.6) is 11.5 Å². The summed E-state index contributed by atoms with van der Waals surface area (Å²) in [4.78, 5) is 0. The van der Waals surface area contributed by atoms with E-state index in [2.05, 4.69) is 0 Å². The Balaban J connectivity index is 1.89. The van der Waals surface area contributed by atoms with Crippen molar-refractivity contribution in [3.8, 4) is 11.5 Å². The molecule has 0 bridgehead atoms. The van der Waals surface area contributed by atoms with E-state index in [0.29, 0.717) is 23.7 Å². The van der Waals surface area contributed by atoms with Crippen molar-refractivity contribution in [2.75, 3.05) is 6.61 Å². The van der Waals surface area contributed by atoms with Crippen LogP contribution < -0.4 is 15.2 Å². The summed E-state index contributed by atoms with van der Waals surface area (Å²) < 4.78 is 25.8. The largest absolute Gasteiger partial charge is 0.486 e. The van der Waals surface area contributed by atoms with Gasteiger partial charge in [0.25, 0.3) is 0 Å². The first-order valence-corrected chi connectivity index (χ1v) is 6.97. The molecule has 0 spiro atoms. The van der Waals surface area contributed by atoms with E-state index in [1.165, 1.54) is 6.07 Å². The third-order valence-corrected chi connectivity index (χ3v) is 3.75. The highest BCUT2D eigenvalue weighted by atomic mass is 19.1. The Morgan fingerprint density at radius 2 is 1.90 bits per heavy atom. The summed E-state index contributed by atoms with van der Waals surface area (Å²) in [6.45, 7) is 4.04. The molecule has 0 saturated heterocycles. The Bertz CT molecular complexity index is 649. The molecule has 0 aliphatic carbocycles. The minimum atomic E-state index is -0.570. The van der Waals surface area contributed by atoms with E-state index >= 15 is 0 Å². The van der Waals surface area contributed by atoms with E-state index in [4.69, 9.17) is 15.2 Å². The second-order valence-electron chi connectivity index (χ2n) is 5.42. The fourth-order valence-corrected chi connectivity index (χ4v) is 2.75. The lowest BCUT2D eigenvalue weighted by Crippen LogP contribution is -2.39. The maximum atomic E-state index is 14.2. The Labute approximate surface area is 123 Å². The van der Waals surface area contributed by atoms with Crippen molar-refractivity contribution in [1.82, 2.24) is 0 Å². The van der Waals surface area contributed by atoms with Crippen LogP contribution in [-0.4, -0.2) is 12.7 Å². The number of nitrogens with two attached hydrogens (primary N) is 1. The van der Waals surface area contributed by atoms with Crippen LogP contribution in [0, 0.1) is 19.7 Å². The second kappa shape index (κ2) is 5.37. The smallest absolute Gasteiger partial charge is 0.161 e. The normalized spacial score (nSPS) is 18.4. The van der Waals surface area contributed by atoms with Crippen LogP contribution in [0.1, 0.15) is 22.7 Å². The number of ether oxygens (including phenoxy) is 2. The predicted molar refractivity (Wildman–Crippen MR) is 79.2 cm³/mol. The number of benzene rings is 2. The number of hydrogen-bond acceptors (Lipinski definition) is 3. The molecule has 2 N–H and O–H groups in total. The van der Waals surface area contributed by atoms with Gasteiger partial charge in [-0.15, -0.1) is 0 Å². The summed E-state index contributed by atoms with van der Waals surface area (Å²) in [6, 6.07) is 10.3. The maximum Gasteiger partial charge on any atom is 0.161 e. The van der Waals surface area contributed by atoms with Crippen molar-refractivity contribution >= 4 is 0 Å². The van der Waals surface area contributed by atoms with Crippen molar-refractivity contribution in [3.05, 3.63) is 58.9 Å². The van der Waals surface area contributed by atoms with E-state index in [0.717, 1.165) is 11.1 Å². The molecule has 1 aliphatic rings. The van der Waals surface area contributed by atoms with Gasteiger partial charge in [-0.25, -0.2) is 4.39 Å². The first kappa shape index (κ1) is 13.9. The topological polar surface area (TPSA) is 44.5 Å².